The van der Waals surface area contributed by atoms with Crippen molar-refractivity contribution in [1.29, 1.82) is 0 Å². The molecule has 0 aliphatic carbocycles. The molecule has 2 heteroatoms. The molecule has 2 atom stereocenters. The summed E-state index contributed by atoms with van der Waals surface area (Å²) < 4.78 is 4.96. The summed E-state index contributed by atoms with van der Waals surface area (Å²) in [7, 11) is 0. The summed E-state index contributed by atoms with van der Waals surface area (Å²) in [5, 5.41) is 0. The predicted molar refractivity (Wildman–Crippen MR) is 91.2 cm³/mol. The van der Waals surface area contributed by atoms with Crippen molar-refractivity contribution in [3.63, 3.8) is 0 Å². The fourth-order valence-corrected chi connectivity index (χ4v) is 2.47. The van der Waals surface area contributed by atoms with Crippen LogP contribution in [0.15, 0.2) is 22.8 Å². The van der Waals surface area contributed by atoms with E-state index < -0.39 is 0 Å². The van der Waals surface area contributed by atoms with E-state index in [9.17, 15) is 4.79 Å². The Kier molecular flexibility index (Phi) is 9.32. The van der Waals surface area contributed by atoms with E-state index in [0.29, 0.717) is 12.5 Å². The van der Waals surface area contributed by atoms with Crippen LogP contribution < -0.4 is 0 Å². The maximum Gasteiger partial charge on any atom is 0.331 e. The lowest BCUT2D eigenvalue weighted by Crippen LogP contribution is -2.10. The lowest BCUT2D eigenvalue weighted by molar-refractivity contribution is -0.137. The number of hydrogen-bond acceptors (Lipinski definition) is 2. The van der Waals surface area contributed by atoms with Crippen molar-refractivity contribution in [2.45, 2.75) is 68.2 Å². The van der Waals surface area contributed by atoms with Crippen LogP contribution in [0.3, 0.4) is 0 Å². The SMILES string of the molecule is CCOC(=O)C=C(C)C(C)=C(C)CC(C)CC(C)C(C)C. The van der Waals surface area contributed by atoms with Gasteiger partial charge in [0.05, 0.1) is 6.61 Å². The number of ether oxygens (including phenoxy) is 1. The minimum absolute atomic E-state index is 0.247. The minimum atomic E-state index is -0.247. The first-order valence-electron chi connectivity index (χ1n) is 8.20. The number of rotatable bonds is 8. The van der Waals surface area contributed by atoms with E-state index in [2.05, 4.69) is 41.5 Å². The molecule has 0 saturated carbocycles. The first-order valence-corrected chi connectivity index (χ1v) is 8.20. The van der Waals surface area contributed by atoms with Crippen molar-refractivity contribution in [3.05, 3.63) is 22.8 Å². The largest absolute Gasteiger partial charge is 0.463 e. The molecule has 0 heterocycles. The third-order valence-electron chi connectivity index (χ3n) is 4.42. The van der Waals surface area contributed by atoms with E-state index in [-0.39, 0.29) is 5.97 Å². The Morgan fingerprint density at radius 2 is 1.67 bits per heavy atom. The minimum Gasteiger partial charge on any atom is -0.463 e. The highest BCUT2D eigenvalue weighted by molar-refractivity contribution is 5.83. The van der Waals surface area contributed by atoms with E-state index in [4.69, 9.17) is 4.74 Å². The molecular weight excluding hydrogens is 260 g/mol. The molecule has 0 aromatic rings. The summed E-state index contributed by atoms with van der Waals surface area (Å²) in [5.41, 5.74) is 3.60. The molecule has 0 saturated heterocycles. The molecule has 21 heavy (non-hydrogen) atoms. The average Bonchev–Trinajstić information content (AvgIpc) is 2.37. The second-order valence-electron chi connectivity index (χ2n) is 6.75. The van der Waals surface area contributed by atoms with Crippen LogP contribution in [-0.2, 0) is 9.53 Å². The molecule has 2 nitrogen and oxygen atoms in total. The maximum atomic E-state index is 11.5. The van der Waals surface area contributed by atoms with Gasteiger partial charge in [0, 0.05) is 6.08 Å². The first kappa shape index (κ1) is 19.9. The molecule has 0 aromatic carbocycles. The molecule has 0 spiro atoms. The van der Waals surface area contributed by atoms with Crippen molar-refractivity contribution < 1.29 is 9.53 Å². The van der Waals surface area contributed by atoms with Gasteiger partial charge in [0.25, 0.3) is 0 Å². The zero-order chi connectivity index (χ0) is 16.6. The standard InChI is InChI=1S/C19H34O2/c1-9-21-19(20)12-17(7)18(8)16(6)11-14(4)10-15(5)13(2)3/h12-15H,9-11H2,1-8H3. The molecule has 0 aromatic heterocycles. The van der Waals surface area contributed by atoms with Gasteiger partial charge in [0.1, 0.15) is 0 Å². The molecule has 0 fully saturated rings. The van der Waals surface area contributed by atoms with Crippen LogP contribution in [-0.4, -0.2) is 12.6 Å². The Morgan fingerprint density at radius 1 is 1.10 bits per heavy atom. The lowest BCUT2D eigenvalue weighted by atomic mass is 9.85. The smallest absolute Gasteiger partial charge is 0.331 e. The van der Waals surface area contributed by atoms with Gasteiger partial charge in [-0.1, -0.05) is 33.3 Å². The molecule has 0 radical (unpaired) electrons. The van der Waals surface area contributed by atoms with E-state index in [0.717, 1.165) is 23.8 Å². The monoisotopic (exact) mass is 294 g/mol. The Labute approximate surface area is 131 Å². The van der Waals surface area contributed by atoms with Gasteiger partial charge in [-0.3, -0.25) is 0 Å². The van der Waals surface area contributed by atoms with Gasteiger partial charge in [-0.2, -0.15) is 0 Å². The van der Waals surface area contributed by atoms with E-state index in [1.165, 1.54) is 17.6 Å². The third kappa shape index (κ3) is 8.08. The van der Waals surface area contributed by atoms with Gasteiger partial charge >= 0.3 is 5.97 Å². The molecular formula is C19H34O2. The van der Waals surface area contributed by atoms with Crippen LogP contribution in [0.1, 0.15) is 68.2 Å². The molecule has 122 valence electrons. The van der Waals surface area contributed by atoms with Gasteiger partial charge in [0.15, 0.2) is 0 Å². The molecule has 0 bridgehead atoms. The van der Waals surface area contributed by atoms with Crippen LogP contribution in [0.4, 0.5) is 0 Å². The van der Waals surface area contributed by atoms with Gasteiger partial charge in [-0.15, -0.1) is 0 Å². The predicted octanol–water partition coefficient (Wildman–Crippen LogP) is 5.54. The van der Waals surface area contributed by atoms with Crippen LogP contribution in [0.25, 0.3) is 0 Å². The van der Waals surface area contributed by atoms with Crippen LogP contribution in [0.5, 0.6) is 0 Å². The number of carbonyl (C=O) groups excluding carboxylic acids is 1. The lowest BCUT2D eigenvalue weighted by Gasteiger charge is -2.21. The number of allylic oxidation sites excluding steroid dienone is 3. The number of hydrogen-bond donors (Lipinski definition) is 0. The Morgan fingerprint density at radius 3 is 2.14 bits per heavy atom. The summed E-state index contributed by atoms with van der Waals surface area (Å²) in [4.78, 5) is 11.5. The zero-order valence-electron chi connectivity index (χ0n) is 15.2. The maximum absolute atomic E-state index is 11.5. The molecule has 0 aliphatic rings. The third-order valence-corrected chi connectivity index (χ3v) is 4.42. The Balaban J connectivity index is 4.72. The fourth-order valence-electron chi connectivity index (χ4n) is 2.47. The second-order valence-corrected chi connectivity index (χ2v) is 6.75. The average molecular weight is 294 g/mol. The van der Waals surface area contributed by atoms with Gasteiger partial charge < -0.3 is 4.74 Å². The topological polar surface area (TPSA) is 26.3 Å². The van der Waals surface area contributed by atoms with Crippen LogP contribution in [0.2, 0.25) is 0 Å². The molecule has 2 unspecified atom stereocenters. The zero-order valence-corrected chi connectivity index (χ0v) is 15.2. The van der Waals surface area contributed by atoms with Gasteiger partial charge in [-0.05, 0) is 69.4 Å². The van der Waals surface area contributed by atoms with Crippen molar-refractivity contribution in [3.8, 4) is 0 Å². The van der Waals surface area contributed by atoms with Gasteiger partial charge in [0.2, 0.25) is 0 Å². The summed E-state index contributed by atoms with van der Waals surface area (Å²) >= 11 is 0. The second kappa shape index (κ2) is 9.81. The summed E-state index contributed by atoms with van der Waals surface area (Å²) in [6, 6.07) is 0. The Bertz CT molecular complexity index is 388. The van der Waals surface area contributed by atoms with Crippen LogP contribution in [0, 0.1) is 17.8 Å². The van der Waals surface area contributed by atoms with Gasteiger partial charge in [-0.25, -0.2) is 4.79 Å². The van der Waals surface area contributed by atoms with E-state index in [1.807, 2.05) is 13.8 Å². The number of carbonyl (C=O) groups is 1. The first-order chi connectivity index (χ1) is 9.68. The molecule has 0 N–H and O–H groups in total. The quantitative estimate of drug-likeness (QED) is 0.334. The van der Waals surface area contributed by atoms with Crippen molar-refractivity contribution in [2.24, 2.45) is 17.8 Å². The van der Waals surface area contributed by atoms with E-state index in [1.54, 1.807) is 6.08 Å². The summed E-state index contributed by atoms with van der Waals surface area (Å²) in [6.07, 6.45) is 3.95. The van der Waals surface area contributed by atoms with Crippen molar-refractivity contribution in [1.82, 2.24) is 0 Å². The molecule has 0 rings (SSSR count). The summed E-state index contributed by atoms with van der Waals surface area (Å²) in [5.74, 6) is 1.92. The normalized spacial score (nSPS) is 16.5. The highest BCUT2D eigenvalue weighted by atomic mass is 16.5. The highest BCUT2D eigenvalue weighted by Gasteiger charge is 2.13. The van der Waals surface area contributed by atoms with Crippen molar-refractivity contribution in [2.75, 3.05) is 6.61 Å². The fraction of sp³-hybridized carbons (Fsp3) is 0.737. The highest BCUT2D eigenvalue weighted by Crippen LogP contribution is 2.26. The van der Waals surface area contributed by atoms with E-state index >= 15 is 0 Å². The molecule has 0 amide bonds. The van der Waals surface area contributed by atoms with Crippen LogP contribution >= 0.6 is 0 Å². The van der Waals surface area contributed by atoms with Crippen molar-refractivity contribution >= 4 is 5.97 Å². The molecule has 0 aliphatic heterocycles. The number of esters is 1. The summed E-state index contributed by atoms with van der Waals surface area (Å²) in [6.45, 7) is 17.7. The Hall–Kier alpha value is -1.05.